The number of hydrogen-bond acceptors (Lipinski definition) is 1. The summed E-state index contributed by atoms with van der Waals surface area (Å²) in [7, 11) is 1.60. The molecule has 0 bridgehead atoms. The lowest BCUT2D eigenvalue weighted by atomic mass is 9.99. The van der Waals surface area contributed by atoms with Crippen LogP contribution in [-0.2, 0) is 0 Å². The molecule has 0 amide bonds. The average Bonchev–Trinajstić information content (AvgIpc) is 2.41. The van der Waals surface area contributed by atoms with Gasteiger partial charge >= 0.3 is 0 Å². The van der Waals surface area contributed by atoms with Gasteiger partial charge in [0.2, 0.25) is 0 Å². The Kier molecular flexibility index (Phi) is 4.33. The first-order valence-electron chi connectivity index (χ1n) is 5.77. The van der Waals surface area contributed by atoms with Crippen molar-refractivity contribution in [3.8, 4) is 5.75 Å². The number of halogens is 3. The summed E-state index contributed by atoms with van der Waals surface area (Å²) in [6.45, 7) is 1.91. The zero-order valence-electron chi connectivity index (χ0n) is 10.6. The van der Waals surface area contributed by atoms with Crippen LogP contribution in [0.15, 0.2) is 36.4 Å². The minimum Gasteiger partial charge on any atom is -0.497 e. The lowest BCUT2D eigenvalue weighted by Crippen LogP contribution is -2.00. The summed E-state index contributed by atoms with van der Waals surface area (Å²) in [5.41, 5.74) is 2.16. The summed E-state index contributed by atoms with van der Waals surface area (Å²) in [5, 5.41) is -0.501. The van der Waals surface area contributed by atoms with Crippen LogP contribution in [0.1, 0.15) is 22.1 Å². The first-order chi connectivity index (χ1) is 9.04. The van der Waals surface area contributed by atoms with Crippen LogP contribution < -0.4 is 4.74 Å². The first kappa shape index (κ1) is 14.2. The number of benzene rings is 2. The van der Waals surface area contributed by atoms with E-state index in [1.807, 2.05) is 19.1 Å². The van der Waals surface area contributed by atoms with Crippen molar-refractivity contribution >= 4 is 23.2 Å². The fourth-order valence-electron chi connectivity index (χ4n) is 1.94. The predicted molar refractivity (Wildman–Crippen MR) is 76.8 cm³/mol. The molecule has 19 heavy (non-hydrogen) atoms. The zero-order chi connectivity index (χ0) is 14.0. The second kappa shape index (κ2) is 5.81. The van der Waals surface area contributed by atoms with Crippen LogP contribution in [0.5, 0.6) is 5.75 Å². The van der Waals surface area contributed by atoms with Crippen molar-refractivity contribution < 1.29 is 9.13 Å². The molecule has 0 saturated carbocycles. The van der Waals surface area contributed by atoms with Crippen molar-refractivity contribution in [2.75, 3.05) is 7.11 Å². The third-order valence-electron chi connectivity index (χ3n) is 3.00. The summed E-state index contributed by atoms with van der Waals surface area (Å²) in [6, 6.07) is 10.3. The van der Waals surface area contributed by atoms with Crippen molar-refractivity contribution in [1.29, 1.82) is 0 Å². The molecule has 0 aliphatic heterocycles. The van der Waals surface area contributed by atoms with Crippen LogP contribution in [0, 0.1) is 12.7 Å². The highest BCUT2D eigenvalue weighted by molar-refractivity contribution is 6.31. The molecule has 0 fully saturated rings. The van der Waals surface area contributed by atoms with E-state index in [2.05, 4.69) is 0 Å². The molecule has 2 rings (SSSR count). The standard InChI is InChI=1S/C15H13Cl2FO/c1-9-8-10(19-2)6-7-11(9)14(17)12-4-3-5-13(16)15(12)18/h3-8,14H,1-2H3. The third-order valence-corrected chi connectivity index (χ3v) is 3.77. The van der Waals surface area contributed by atoms with E-state index >= 15 is 0 Å². The van der Waals surface area contributed by atoms with Gasteiger partial charge in [-0.05, 0) is 36.2 Å². The van der Waals surface area contributed by atoms with Gasteiger partial charge in [0.15, 0.2) is 0 Å². The monoisotopic (exact) mass is 298 g/mol. The molecule has 1 nitrogen and oxygen atoms in total. The van der Waals surface area contributed by atoms with Crippen molar-refractivity contribution in [2.45, 2.75) is 12.3 Å². The van der Waals surface area contributed by atoms with Gasteiger partial charge in [0.25, 0.3) is 0 Å². The summed E-state index contributed by atoms with van der Waals surface area (Å²) in [6.07, 6.45) is 0. The topological polar surface area (TPSA) is 9.23 Å². The predicted octanol–water partition coefficient (Wildman–Crippen LogP) is 5.12. The molecule has 0 aliphatic carbocycles. The van der Waals surface area contributed by atoms with Crippen LogP contribution in [0.3, 0.4) is 0 Å². The molecule has 0 saturated heterocycles. The van der Waals surface area contributed by atoms with Gasteiger partial charge in [-0.25, -0.2) is 4.39 Å². The highest BCUT2D eigenvalue weighted by Gasteiger charge is 2.18. The van der Waals surface area contributed by atoms with E-state index in [0.717, 1.165) is 16.9 Å². The second-order valence-corrected chi connectivity index (χ2v) is 5.07. The maximum absolute atomic E-state index is 14.0. The van der Waals surface area contributed by atoms with Gasteiger partial charge in [-0.15, -0.1) is 11.6 Å². The van der Waals surface area contributed by atoms with Gasteiger partial charge in [0.1, 0.15) is 11.6 Å². The van der Waals surface area contributed by atoms with Gasteiger partial charge < -0.3 is 4.74 Å². The molecule has 0 N–H and O–H groups in total. The molecule has 2 aromatic rings. The molecular formula is C15H13Cl2FO. The molecule has 100 valence electrons. The van der Waals surface area contributed by atoms with Gasteiger partial charge in [0.05, 0.1) is 17.5 Å². The minimum absolute atomic E-state index is 0.0781. The molecule has 1 unspecified atom stereocenters. The molecule has 1 atom stereocenters. The van der Waals surface area contributed by atoms with Crippen LogP contribution in [-0.4, -0.2) is 7.11 Å². The Bertz CT molecular complexity index is 599. The number of aryl methyl sites for hydroxylation is 1. The van der Waals surface area contributed by atoms with Crippen LogP contribution in [0.4, 0.5) is 4.39 Å². The maximum atomic E-state index is 14.0. The first-order valence-corrected chi connectivity index (χ1v) is 6.58. The van der Waals surface area contributed by atoms with E-state index in [1.54, 1.807) is 25.3 Å². The van der Waals surface area contributed by atoms with Gasteiger partial charge in [-0.2, -0.15) is 0 Å². The van der Waals surface area contributed by atoms with Crippen molar-refractivity contribution in [3.63, 3.8) is 0 Å². The Balaban J connectivity index is 2.44. The van der Waals surface area contributed by atoms with E-state index in [9.17, 15) is 4.39 Å². The highest BCUT2D eigenvalue weighted by atomic mass is 35.5. The van der Waals surface area contributed by atoms with Crippen molar-refractivity contribution in [2.24, 2.45) is 0 Å². The number of ether oxygens (including phenoxy) is 1. The molecule has 0 aromatic heterocycles. The molecule has 0 radical (unpaired) electrons. The fraction of sp³-hybridized carbons (Fsp3) is 0.200. The number of alkyl halides is 1. The third kappa shape index (κ3) is 2.85. The van der Waals surface area contributed by atoms with Crippen LogP contribution >= 0.6 is 23.2 Å². The Morgan fingerprint density at radius 3 is 2.53 bits per heavy atom. The largest absolute Gasteiger partial charge is 0.497 e. The van der Waals surface area contributed by atoms with Crippen molar-refractivity contribution in [3.05, 3.63) is 63.9 Å². The van der Waals surface area contributed by atoms with Crippen LogP contribution in [0.2, 0.25) is 5.02 Å². The molecule has 0 aliphatic rings. The Labute approximate surface area is 121 Å². The second-order valence-electron chi connectivity index (χ2n) is 4.23. The molecule has 0 heterocycles. The van der Waals surface area contributed by atoms with Crippen LogP contribution in [0.25, 0.3) is 0 Å². The lowest BCUT2D eigenvalue weighted by Gasteiger charge is -2.15. The highest BCUT2D eigenvalue weighted by Crippen LogP contribution is 2.35. The SMILES string of the molecule is COc1ccc(C(Cl)c2cccc(Cl)c2F)c(C)c1. The molecular weight excluding hydrogens is 286 g/mol. The Morgan fingerprint density at radius 1 is 1.16 bits per heavy atom. The molecule has 4 heteroatoms. The van der Waals surface area contributed by atoms with E-state index in [0.29, 0.717) is 5.56 Å². The summed E-state index contributed by atoms with van der Waals surface area (Å²) >= 11 is 12.1. The van der Waals surface area contributed by atoms with E-state index in [-0.39, 0.29) is 5.02 Å². The Morgan fingerprint density at radius 2 is 1.89 bits per heavy atom. The summed E-state index contributed by atoms with van der Waals surface area (Å²) in [5.74, 6) is 0.274. The van der Waals surface area contributed by atoms with E-state index in [1.165, 1.54) is 6.07 Å². The van der Waals surface area contributed by atoms with E-state index in [4.69, 9.17) is 27.9 Å². The van der Waals surface area contributed by atoms with E-state index < -0.39 is 11.2 Å². The molecule has 2 aromatic carbocycles. The fourth-order valence-corrected chi connectivity index (χ4v) is 2.54. The quantitative estimate of drug-likeness (QED) is 0.714. The maximum Gasteiger partial charge on any atom is 0.146 e. The normalized spacial score (nSPS) is 12.3. The number of rotatable bonds is 3. The van der Waals surface area contributed by atoms with Crippen molar-refractivity contribution in [1.82, 2.24) is 0 Å². The van der Waals surface area contributed by atoms with Gasteiger partial charge in [-0.1, -0.05) is 29.8 Å². The minimum atomic E-state index is -0.579. The smallest absolute Gasteiger partial charge is 0.146 e. The van der Waals surface area contributed by atoms with Gasteiger partial charge in [0, 0.05) is 5.56 Å². The summed E-state index contributed by atoms with van der Waals surface area (Å²) in [4.78, 5) is 0. The average molecular weight is 299 g/mol. The number of methoxy groups -OCH3 is 1. The van der Waals surface area contributed by atoms with Gasteiger partial charge in [-0.3, -0.25) is 0 Å². The zero-order valence-corrected chi connectivity index (χ0v) is 12.1. The Hall–Kier alpha value is -1.25. The summed E-state index contributed by atoms with van der Waals surface area (Å²) < 4.78 is 19.1. The number of hydrogen-bond donors (Lipinski definition) is 0. The lowest BCUT2D eigenvalue weighted by molar-refractivity contribution is 0.414. The molecule has 0 spiro atoms.